The molecule has 0 bridgehead atoms. The zero-order chi connectivity index (χ0) is 13.7. The van der Waals surface area contributed by atoms with Gasteiger partial charge in [-0.15, -0.1) is 0 Å². The topological polar surface area (TPSA) is 72.7 Å². The molecule has 0 aliphatic rings. The van der Waals surface area contributed by atoms with Crippen LogP contribution in [0.5, 0.6) is 0 Å². The highest BCUT2D eigenvalue weighted by atomic mass is 16.4. The molecule has 3 aromatic rings. The van der Waals surface area contributed by atoms with Gasteiger partial charge >= 0.3 is 5.97 Å². The number of hydrogen-bond donors (Lipinski definition) is 1. The van der Waals surface area contributed by atoms with E-state index in [0.717, 1.165) is 22.8 Å². The summed E-state index contributed by atoms with van der Waals surface area (Å²) in [5, 5.41) is 9.04. The molecule has 3 rings (SSSR count). The molecule has 0 amide bonds. The van der Waals surface area contributed by atoms with E-state index in [1.165, 1.54) is 0 Å². The third-order valence-electron chi connectivity index (χ3n) is 3.17. The molecule has 0 fully saturated rings. The largest absolute Gasteiger partial charge is 0.477 e. The molecular weight excluding hydrogens is 246 g/mol. The number of imidazole rings is 2. The summed E-state index contributed by atoms with van der Waals surface area (Å²) in [6.07, 6.45) is 3.36. The summed E-state index contributed by atoms with van der Waals surface area (Å²) in [6.45, 7) is 3.77. The van der Waals surface area contributed by atoms with E-state index in [0.29, 0.717) is 5.78 Å². The van der Waals surface area contributed by atoms with Gasteiger partial charge in [0, 0.05) is 25.0 Å². The van der Waals surface area contributed by atoms with Crippen LogP contribution >= 0.6 is 0 Å². The van der Waals surface area contributed by atoms with E-state index in [-0.39, 0.29) is 5.69 Å². The maximum absolute atomic E-state index is 11.0. The average molecular weight is 259 g/mol. The van der Waals surface area contributed by atoms with Gasteiger partial charge in [0.15, 0.2) is 0 Å². The predicted octanol–water partition coefficient (Wildman–Crippen LogP) is 2.25. The number of carboxylic acid groups (broad SMARTS) is 1. The first kappa shape index (κ1) is 11.6. The second kappa shape index (κ2) is 3.74. The molecule has 0 unspecified atom stereocenters. The zero-order valence-corrected chi connectivity index (χ0v) is 10.8. The number of rotatable bonds is 2. The van der Waals surface area contributed by atoms with Crippen molar-refractivity contribution in [3.05, 3.63) is 35.7 Å². The molecule has 0 spiro atoms. The van der Waals surface area contributed by atoms with Gasteiger partial charge in [-0.1, -0.05) is 0 Å². The number of carboxylic acids is 1. The Morgan fingerprint density at radius 2 is 2.11 bits per heavy atom. The number of aromatic carboxylic acids is 1. The van der Waals surface area contributed by atoms with Crippen LogP contribution in [0.1, 0.15) is 22.0 Å². The second-order valence-electron chi connectivity index (χ2n) is 4.54. The van der Waals surface area contributed by atoms with Crippen molar-refractivity contribution >= 4 is 11.7 Å². The highest BCUT2D eigenvalue weighted by molar-refractivity contribution is 5.86. The Bertz CT molecular complexity index is 792. The van der Waals surface area contributed by atoms with Gasteiger partial charge < -0.3 is 14.1 Å². The van der Waals surface area contributed by atoms with Crippen molar-refractivity contribution in [1.29, 1.82) is 0 Å². The average Bonchev–Trinajstić information content (AvgIpc) is 2.94. The summed E-state index contributed by atoms with van der Waals surface area (Å²) < 4.78 is 8.74. The molecule has 6 heteroatoms. The van der Waals surface area contributed by atoms with Crippen LogP contribution < -0.4 is 0 Å². The summed E-state index contributed by atoms with van der Waals surface area (Å²) in [4.78, 5) is 15.5. The summed E-state index contributed by atoms with van der Waals surface area (Å²) >= 11 is 0. The van der Waals surface area contributed by atoms with Gasteiger partial charge in [0.05, 0.1) is 5.69 Å². The molecule has 0 aliphatic carbocycles. The second-order valence-corrected chi connectivity index (χ2v) is 4.54. The molecule has 98 valence electrons. The third kappa shape index (κ3) is 1.64. The fourth-order valence-electron chi connectivity index (χ4n) is 2.27. The van der Waals surface area contributed by atoms with Crippen LogP contribution in [0.2, 0.25) is 0 Å². The quantitative estimate of drug-likeness (QED) is 0.766. The van der Waals surface area contributed by atoms with Crippen LogP contribution in [0.25, 0.3) is 17.0 Å². The number of carbonyl (C=O) groups is 1. The minimum Gasteiger partial charge on any atom is -0.477 e. The van der Waals surface area contributed by atoms with E-state index in [1.54, 1.807) is 28.4 Å². The lowest BCUT2D eigenvalue weighted by molar-refractivity contribution is 0.0686. The molecule has 0 saturated heterocycles. The van der Waals surface area contributed by atoms with Gasteiger partial charge in [-0.25, -0.2) is 9.78 Å². The maximum atomic E-state index is 11.0. The predicted molar refractivity (Wildman–Crippen MR) is 68.3 cm³/mol. The van der Waals surface area contributed by atoms with E-state index in [9.17, 15) is 4.79 Å². The van der Waals surface area contributed by atoms with E-state index in [1.807, 2.05) is 19.9 Å². The third-order valence-corrected chi connectivity index (χ3v) is 3.17. The molecule has 6 nitrogen and oxygen atoms in total. The van der Waals surface area contributed by atoms with Crippen molar-refractivity contribution in [2.45, 2.75) is 13.8 Å². The molecule has 0 atom stereocenters. The van der Waals surface area contributed by atoms with Gasteiger partial charge in [0.25, 0.3) is 0 Å². The van der Waals surface area contributed by atoms with Crippen LogP contribution in [-0.2, 0) is 7.05 Å². The van der Waals surface area contributed by atoms with E-state index >= 15 is 0 Å². The summed E-state index contributed by atoms with van der Waals surface area (Å²) in [7, 11) is 1.68. The van der Waals surface area contributed by atoms with Crippen molar-refractivity contribution in [3.63, 3.8) is 0 Å². The van der Waals surface area contributed by atoms with Crippen molar-refractivity contribution in [2.24, 2.45) is 7.05 Å². The van der Waals surface area contributed by atoms with Crippen LogP contribution in [-0.4, -0.2) is 25.0 Å². The Labute approximate surface area is 108 Å². The van der Waals surface area contributed by atoms with Crippen molar-refractivity contribution in [2.75, 3.05) is 0 Å². The van der Waals surface area contributed by atoms with Gasteiger partial charge in [-0.2, -0.15) is 0 Å². The Morgan fingerprint density at radius 1 is 1.37 bits per heavy atom. The first-order chi connectivity index (χ1) is 8.97. The van der Waals surface area contributed by atoms with Crippen LogP contribution in [0.4, 0.5) is 0 Å². The molecular formula is C13H13N3O3. The number of fused-ring (bicyclic) bond motifs is 1. The van der Waals surface area contributed by atoms with Gasteiger partial charge in [-0.05, 0) is 19.9 Å². The van der Waals surface area contributed by atoms with Crippen molar-refractivity contribution < 1.29 is 14.3 Å². The zero-order valence-electron chi connectivity index (χ0n) is 10.8. The Hall–Kier alpha value is -2.50. The first-order valence-electron chi connectivity index (χ1n) is 5.82. The van der Waals surface area contributed by atoms with Gasteiger partial charge in [-0.3, -0.25) is 4.40 Å². The molecule has 1 N–H and O–H groups in total. The maximum Gasteiger partial charge on any atom is 0.354 e. The van der Waals surface area contributed by atoms with Crippen LogP contribution in [0.15, 0.2) is 22.9 Å². The number of aryl methyl sites for hydroxylation is 3. The smallest absolute Gasteiger partial charge is 0.354 e. The monoisotopic (exact) mass is 259 g/mol. The van der Waals surface area contributed by atoms with E-state index in [4.69, 9.17) is 9.52 Å². The minimum absolute atomic E-state index is 0.203. The van der Waals surface area contributed by atoms with E-state index in [2.05, 4.69) is 4.98 Å². The Balaban J connectivity index is 2.18. The molecule has 3 heterocycles. The molecule has 0 aromatic carbocycles. The molecule has 3 aromatic heterocycles. The molecule has 0 radical (unpaired) electrons. The molecule has 19 heavy (non-hydrogen) atoms. The lowest BCUT2D eigenvalue weighted by Gasteiger charge is -1.95. The fraction of sp³-hybridized carbons (Fsp3) is 0.231. The minimum atomic E-state index is -0.968. The Kier molecular flexibility index (Phi) is 2.28. The first-order valence-corrected chi connectivity index (χ1v) is 5.82. The van der Waals surface area contributed by atoms with Crippen molar-refractivity contribution in [3.8, 4) is 11.3 Å². The van der Waals surface area contributed by atoms with Gasteiger partial charge in [0.2, 0.25) is 5.78 Å². The number of aromatic nitrogens is 3. The highest BCUT2D eigenvalue weighted by Gasteiger charge is 2.17. The lowest BCUT2D eigenvalue weighted by atomic mass is 10.2. The highest BCUT2D eigenvalue weighted by Crippen LogP contribution is 2.26. The molecule has 0 saturated carbocycles. The summed E-state index contributed by atoms with van der Waals surface area (Å²) in [5.74, 6) is 1.26. The summed E-state index contributed by atoms with van der Waals surface area (Å²) in [5.41, 5.74) is 1.91. The van der Waals surface area contributed by atoms with Crippen LogP contribution in [0.3, 0.4) is 0 Å². The SMILES string of the molecule is Cc1cc(-c2cn3cc(C(=O)O)n(C)c3n2)c(C)o1. The lowest BCUT2D eigenvalue weighted by Crippen LogP contribution is -2.04. The number of nitrogens with zero attached hydrogens (tertiary/aromatic N) is 3. The number of furan rings is 1. The number of hydrogen-bond acceptors (Lipinski definition) is 3. The van der Waals surface area contributed by atoms with Crippen LogP contribution in [0, 0.1) is 13.8 Å². The molecule has 0 aliphatic heterocycles. The van der Waals surface area contributed by atoms with Crippen molar-refractivity contribution in [1.82, 2.24) is 14.0 Å². The summed E-state index contributed by atoms with van der Waals surface area (Å²) in [6, 6.07) is 1.93. The van der Waals surface area contributed by atoms with E-state index < -0.39 is 5.97 Å². The Morgan fingerprint density at radius 3 is 2.63 bits per heavy atom. The standard InChI is InChI=1S/C13H13N3O3/c1-7-4-9(8(2)19-7)10-5-16-6-11(12(17)18)15(3)13(16)14-10/h4-6H,1-3H3,(H,17,18). The fourth-order valence-corrected chi connectivity index (χ4v) is 2.27. The normalized spacial score (nSPS) is 11.3. The van der Waals surface area contributed by atoms with Gasteiger partial charge in [0.1, 0.15) is 17.2 Å².